The molecule has 2 N–H and O–H groups in total. The van der Waals surface area contributed by atoms with E-state index in [1.165, 1.54) is 0 Å². The van der Waals surface area contributed by atoms with Crippen LogP contribution < -0.4 is 5.32 Å². The molecule has 1 aliphatic carbocycles. The Morgan fingerprint density at radius 2 is 2.06 bits per heavy atom. The number of aliphatic hydroxyl groups excluding tert-OH is 1. The molecular weight excluding hydrogens is 202 g/mol. The Kier molecular flexibility index (Phi) is 4.38. The fourth-order valence-electron chi connectivity index (χ4n) is 2.45. The van der Waals surface area contributed by atoms with Gasteiger partial charge < -0.3 is 15.2 Å². The van der Waals surface area contributed by atoms with E-state index >= 15 is 0 Å². The minimum Gasteiger partial charge on any atom is -0.393 e. The van der Waals surface area contributed by atoms with Gasteiger partial charge in [-0.15, -0.1) is 0 Å². The van der Waals surface area contributed by atoms with Gasteiger partial charge in [0.15, 0.2) is 0 Å². The summed E-state index contributed by atoms with van der Waals surface area (Å²) in [5.74, 6) is 0. The molecule has 16 heavy (non-hydrogen) atoms. The van der Waals surface area contributed by atoms with E-state index in [2.05, 4.69) is 26.1 Å². The maximum absolute atomic E-state index is 9.48. The average Bonchev–Trinajstić information content (AvgIpc) is 2.27. The lowest BCUT2D eigenvalue weighted by atomic mass is 9.56. The Balaban J connectivity index is 2.32. The van der Waals surface area contributed by atoms with Gasteiger partial charge in [0.2, 0.25) is 0 Å². The first-order chi connectivity index (χ1) is 7.37. The third kappa shape index (κ3) is 2.41. The molecule has 0 amide bonds. The second-order valence-corrected chi connectivity index (χ2v) is 5.72. The monoisotopic (exact) mass is 229 g/mol. The fourth-order valence-corrected chi connectivity index (χ4v) is 2.45. The molecule has 1 aliphatic rings. The van der Waals surface area contributed by atoms with Gasteiger partial charge in [-0.3, -0.25) is 0 Å². The van der Waals surface area contributed by atoms with Crippen molar-refractivity contribution in [2.45, 2.75) is 64.7 Å². The van der Waals surface area contributed by atoms with E-state index in [9.17, 15) is 5.11 Å². The maximum Gasteiger partial charge on any atom is 0.0731 e. The van der Waals surface area contributed by atoms with Gasteiger partial charge >= 0.3 is 0 Å². The van der Waals surface area contributed by atoms with Crippen molar-refractivity contribution in [1.29, 1.82) is 0 Å². The largest absolute Gasteiger partial charge is 0.393 e. The van der Waals surface area contributed by atoms with Crippen molar-refractivity contribution in [3.63, 3.8) is 0 Å². The van der Waals surface area contributed by atoms with Gasteiger partial charge in [0.1, 0.15) is 0 Å². The topological polar surface area (TPSA) is 41.5 Å². The molecule has 0 aliphatic heterocycles. The predicted octanol–water partition coefficient (Wildman–Crippen LogP) is 1.94. The van der Waals surface area contributed by atoms with Gasteiger partial charge in [-0.2, -0.15) is 0 Å². The first kappa shape index (κ1) is 13.9. The van der Waals surface area contributed by atoms with Crippen molar-refractivity contribution < 1.29 is 9.84 Å². The molecule has 0 heterocycles. The summed E-state index contributed by atoms with van der Waals surface area (Å²) < 4.78 is 5.58. The zero-order valence-corrected chi connectivity index (χ0v) is 11.3. The van der Waals surface area contributed by atoms with Crippen LogP contribution in [0.4, 0.5) is 0 Å². The summed E-state index contributed by atoms with van der Waals surface area (Å²) in [6.07, 6.45) is 2.57. The maximum atomic E-state index is 9.48. The number of hydrogen-bond acceptors (Lipinski definition) is 3. The summed E-state index contributed by atoms with van der Waals surface area (Å²) >= 11 is 0. The summed E-state index contributed by atoms with van der Waals surface area (Å²) in [5, 5.41) is 13.0. The molecule has 3 unspecified atom stereocenters. The van der Waals surface area contributed by atoms with Gasteiger partial charge in [0, 0.05) is 18.6 Å². The highest BCUT2D eigenvalue weighted by molar-refractivity contribution is 5.11. The van der Waals surface area contributed by atoms with Crippen molar-refractivity contribution in [3.05, 3.63) is 0 Å². The number of methoxy groups -OCH3 is 1. The highest BCUT2D eigenvalue weighted by Gasteiger charge is 2.57. The number of nitrogens with one attached hydrogen (secondary N) is 1. The molecule has 0 aromatic carbocycles. The SMILES string of the molecule is CCC(O)CCNC1CC(C)(OC)C1(C)C. The molecule has 0 radical (unpaired) electrons. The van der Waals surface area contributed by atoms with Crippen molar-refractivity contribution in [1.82, 2.24) is 5.32 Å². The first-order valence-corrected chi connectivity index (χ1v) is 6.34. The van der Waals surface area contributed by atoms with E-state index in [0.29, 0.717) is 6.04 Å². The number of aliphatic hydroxyl groups is 1. The van der Waals surface area contributed by atoms with Crippen LogP contribution in [0, 0.1) is 5.41 Å². The van der Waals surface area contributed by atoms with Gasteiger partial charge in [-0.1, -0.05) is 20.8 Å². The molecule has 0 saturated heterocycles. The second kappa shape index (κ2) is 5.03. The summed E-state index contributed by atoms with van der Waals surface area (Å²) in [6, 6.07) is 0.501. The molecule has 1 fully saturated rings. The van der Waals surface area contributed by atoms with Gasteiger partial charge in [-0.25, -0.2) is 0 Å². The van der Waals surface area contributed by atoms with Crippen molar-refractivity contribution in [3.8, 4) is 0 Å². The van der Waals surface area contributed by atoms with Crippen LogP contribution in [0.2, 0.25) is 0 Å². The number of hydrogen-bond donors (Lipinski definition) is 2. The van der Waals surface area contributed by atoms with E-state index in [1.807, 2.05) is 6.92 Å². The highest BCUT2D eigenvalue weighted by atomic mass is 16.5. The van der Waals surface area contributed by atoms with Gasteiger partial charge in [0.25, 0.3) is 0 Å². The molecule has 0 aromatic rings. The Morgan fingerprint density at radius 3 is 2.50 bits per heavy atom. The molecule has 96 valence electrons. The molecule has 3 atom stereocenters. The molecule has 3 heteroatoms. The molecular formula is C13H27NO2. The minimum atomic E-state index is -0.163. The molecule has 0 spiro atoms. The smallest absolute Gasteiger partial charge is 0.0731 e. The Bertz CT molecular complexity index is 230. The molecule has 0 bridgehead atoms. The van der Waals surface area contributed by atoms with Crippen LogP contribution in [-0.2, 0) is 4.74 Å². The summed E-state index contributed by atoms with van der Waals surface area (Å²) in [4.78, 5) is 0. The normalized spacial score (nSPS) is 34.5. The number of rotatable bonds is 6. The minimum absolute atomic E-state index is 0.00591. The van der Waals surface area contributed by atoms with E-state index in [4.69, 9.17) is 4.74 Å². The Morgan fingerprint density at radius 1 is 1.44 bits per heavy atom. The van der Waals surface area contributed by atoms with Crippen molar-refractivity contribution >= 4 is 0 Å². The highest BCUT2D eigenvalue weighted by Crippen LogP contribution is 2.51. The third-order valence-corrected chi connectivity index (χ3v) is 4.62. The lowest BCUT2D eigenvalue weighted by molar-refractivity contribution is -0.180. The van der Waals surface area contributed by atoms with Crippen molar-refractivity contribution in [2.75, 3.05) is 13.7 Å². The van der Waals surface area contributed by atoms with Crippen LogP contribution in [0.25, 0.3) is 0 Å². The third-order valence-electron chi connectivity index (χ3n) is 4.62. The molecule has 1 rings (SSSR count). The lowest BCUT2D eigenvalue weighted by Crippen LogP contribution is -2.68. The van der Waals surface area contributed by atoms with Crippen LogP contribution in [0.5, 0.6) is 0 Å². The van der Waals surface area contributed by atoms with Gasteiger partial charge in [0.05, 0.1) is 11.7 Å². The van der Waals surface area contributed by atoms with E-state index in [0.717, 1.165) is 25.8 Å². The lowest BCUT2D eigenvalue weighted by Gasteiger charge is -2.59. The van der Waals surface area contributed by atoms with Crippen LogP contribution >= 0.6 is 0 Å². The predicted molar refractivity (Wildman–Crippen MR) is 66.5 cm³/mol. The van der Waals surface area contributed by atoms with E-state index in [-0.39, 0.29) is 17.1 Å². The van der Waals surface area contributed by atoms with Crippen LogP contribution in [0.15, 0.2) is 0 Å². The van der Waals surface area contributed by atoms with Crippen LogP contribution in [0.3, 0.4) is 0 Å². The Labute approximate surface area is 99.6 Å². The molecule has 0 aromatic heterocycles. The first-order valence-electron chi connectivity index (χ1n) is 6.34. The Hall–Kier alpha value is -0.120. The van der Waals surface area contributed by atoms with E-state index < -0.39 is 0 Å². The zero-order valence-electron chi connectivity index (χ0n) is 11.3. The summed E-state index contributed by atoms with van der Waals surface area (Å²) in [6.45, 7) is 9.57. The standard InChI is InChI=1S/C13H27NO2/c1-6-10(15)7-8-14-11-9-13(4,16-5)12(11,2)3/h10-11,14-15H,6-9H2,1-5H3. The fraction of sp³-hybridized carbons (Fsp3) is 1.00. The van der Waals surface area contributed by atoms with Crippen molar-refractivity contribution in [2.24, 2.45) is 5.41 Å². The second-order valence-electron chi connectivity index (χ2n) is 5.72. The van der Waals surface area contributed by atoms with Gasteiger partial charge in [-0.05, 0) is 32.7 Å². The molecule has 1 saturated carbocycles. The zero-order chi connectivity index (χ0) is 12.4. The average molecular weight is 229 g/mol. The summed E-state index contributed by atoms with van der Waals surface area (Å²) in [7, 11) is 1.79. The van der Waals surface area contributed by atoms with Crippen LogP contribution in [-0.4, -0.2) is 36.5 Å². The molecule has 3 nitrogen and oxygen atoms in total. The summed E-state index contributed by atoms with van der Waals surface area (Å²) in [5.41, 5.74) is 0.160. The quantitative estimate of drug-likeness (QED) is 0.731. The van der Waals surface area contributed by atoms with E-state index in [1.54, 1.807) is 7.11 Å². The number of ether oxygens (including phenoxy) is 1. The van der Waals surface area contributed by atoms with Crippen LogP contribution in [0.1, 0.15) is 47.0 Å².